The van der Waals surface area contributed by atoms with E-state index in [1.165, 1.54) is 0 Å². The molecule has 0 saturated carbocycles. The van der Waals surface area contributed by atoms with E-state index in [1.54, 1.807) is 0 Å². The van der Waals surface area contributed by atoms with Crippen molar-refractivity contribution in [3.8, 4) is 11.3 Å². The summed E-state index contributed by atoms with van der Waals surface area (Å²) in [6, 6.07) is 6.95. The van der Waals surface area contributed by atoms with Crippen molar-refractivity contribution in [1.82, 2.24) is 9.88 Å². The van der Waals surface area contributed by atoms with Crippen LogP contribution >= 0.6 is 11.6 Å². The number of hydrogen-bond acceptors (Lipinski definition) is 4. The van der Waals surface area contributed by atoms with E-state index in [0.29, 0.717) is 29.6 Å². The summed E-state index contributed by atoms with van der Waals surface area (Å²) in [5.74, 6) is 0.493. The van der Waals surface area contributed by atoms with Gasteiger partial charge in [-0.25, -0.2) is 4.98 Å². The fourth-order valence-corrected chi connectivity index (χ4v) is 3.15. The van der Waals surface area contributed by atoms with Gasteiger partial charge in [0, 0.05) is 10.6 Å². The Balaban J connectivity index is 1.80. The van der Waals surface area contributed by atoms with Gasteiger partial charge in [-0.05, 0) is 50.6 Å². The molecule has 0 spiro atoms. The summed E-state index contributed by atoms with van der Waals surface area (Å²) in [7, 11) is 0. The molecular formula is C17H19ClN2O3. The molecule has 5 nitrogen and oxygen atoms in total. The minimum absolute atomic E-state index is 0.422. The van der Waals surface area contributed by atoms with Crippen molar-refractivity contribution in [3.05, 3.63) is 40.9 Å². The molecule has 2 heterocycles. The monoisotopic (exact) mass is 334 g/mol. The van der Waals surface area contributed by atoms with Crippen molar-refractivity contribution in [2.24, 2.45) is 0 Å². The number of rotatable bonds is 4. The molecule has 1 aromatic heterocycles. The number of oxazole rings is 1. The molecule has 2 aromatic rings. The molecule has 0 radical (unpaired) electrons. The highest BCUT2D eigenvalue weighted by atomic mass is 35.5. The van der Waals surface area contributed by atoms with Gasteiger partial charge in [0.25, 0.3) is 0 Å². The summed E-state index contributed by atoms with van der Waals surface area (Å²) in [6.45, 7) is 3.07. The Kier molecular flexibility index (Phi) is 4.68. The van der Waals surface area contributed by atoms with Crippen molar-refractivity contribution >= 4 is 17.6 Å². The van der Waals surface area contributed by atoms with E-state index in [9.17, 15) is 9.90 Å². The van der Waals surface area contributed by atoms with E-state index < -0.39 is 12.0 Å². The zero-order chi connectivity index (χ0) is 16.4. The van der Waals surface area contributed by atoms with Crippen LogP contribution in [-0.4, -0.2) is 33.5 Å². The number of hydrogen-bond donors (Lipinski definition) is 1. The molecule has 1 saturated heterocycles. The number of benzene rings is 1. The Morgan fingerprint density at radius 1 is 1.39 bits per heavy atom. The Labute approximate surface area is 139 Å². The zero-order valence-electron chi connectivity index (χ0n) is 13.0. The predicted octanol–water partition coefficient (Wildman–Crippen LogP) is 3.74. The maximum absolute atomic E-state index is 11.4. The van der Waals surface area contributed by atoms with E-state index in [2.05, 4.69) is 4.98 Å². The molecule has 1 fully saturated rings. The minimum atomic E-state index is -0.772. The molecule has 1 aliphatic heterocycles. The van der Waals surface area contributed by atoms with Crippen molar-refractivity contribution in [1.29, 1.82) is 0 Å². The largest absolute Gasteiger partial charge is 0.480 e. The standard InChI is InChI=1S/C17H19ClN2O3/c1-11-16(12-5-7-13(18)8-6-12)23-15(19-11)10-20-9-3-2-4-14(20)17(21)22/h5-8,14H,2-4,9-10H2,1H3,(H,21,22)/t14-/m1/s1. The Morgan fingerprint density at radius 2 is 2.13 bits per heavy atom. The highest BCUT2D eigenvalue weighted by molar-refractivity contribution is 6.30. The van der Waals surface area contributed by atoms with E-state index >= 15 is 0 Å². The Hall–Kier alpha value is -1.85. The molecule has 1 atom stereocenters. The zero-order valence-corrected chi connectivity index (χ0v) is 13.7. The first-order valence-electron chi connectivity index (χ1n) is 7.73. The van der Waals surface area contributed by atoms with Gasteiger partial charge in [-0.1, -0.05) is 18.0 Å². The number of nitrogens with zero attached hydrogens (tertiary/aromatic N) is 2. The average molecular weight is 335 g/mol. The van der Waals surface area contributed by atoms with Crippen molar-refractivity contribution in [2.75, 3.05) is 6.54 Å². The highest BCUT2D eigenvalue weighted by Crippen LogP contribution is 2.27. The highest BCUT2D eigenvalue weighted by Gasteiger charge is 2.29. The van der Waals surface area contributed by atoms with Crippen molar-refractivity contribution in [2.45, 2.75) is 38.8 Å². The van der Waals surface area contributed by atoms with E-state index in [1.807, 2.05) is 36.1 Å². The Bertz CT molecular complexity index is 696. The molecule has 23 heavy (non-hydrogen) atoms. The second kappa shape index (κ2) is 6.72. The maximum atomic E-state index is 11.4. The number of aryl methyl sites for hydroxylation is 1. The SMILES string of the molecule is Cc1nc(CN2CCCC[C@@H]2C(=O)O)oc1-c1ccc(Cl)cc1. The molecule has 1 N–H and O–H groups in total. The first-order chi connectivity index (χ1) is 11.0. The van der Waals surface area contributed by atoms with Crippen LogP contribution in [0.3, 0.4) is 0 Å². The number of carbonyl (C=O) groups is 1. The molecule has 3 rings (SSSR count). The lowest BCUT2D eigenvalue weighted by Gasteiger charge is -2.31. The van der Waals surface area contributed by atoms with Gasteiger partial charge in [0.15, 0.2) is 5.76 Å². The van der Waals surface area contributed by atoms with Crippen LogP contribution in [0.2, 0.25) is 5.02 Å². The predicted molar refractivity (Wildman–Crippen MR) is 87.4 cm³/mol. The molecule has 0 aliphatic carbocycles. The summed E-state index contributed by atoms with van der Waals surface area (Å²) in [5, 5.41) is 10.0. The van der Waals surface area contributed by atoms with Crippen LogP contribution in [0.4, 0.5) is 0 Å². The van der Waals surface area contributed by atoms with E-state index in [4.69, 9.17) is 16.0 Å². The summed E-state index contributed by atoms with van der Waals surface area (Å²) in [6.07, 6.45) is 2.64. The van der Waals surface area contributed by atoms with E-state index in [0.717, 1.165) is 30.6 Å². The minimum Gasteiger partial charge on any atom is -0.480 e. The lowest BCUT2D eigenvalue weighted by molar-refractivity contribution is -0.145. The molecule has 0 amide bonds. The molecule has 1 aliphatic rings. The molecular weight excluding hydrogens is 316 g/mol. The van der Waals surface area contributed by atoms with Crippen LogP contribution in [0.15, 0.2) is 28.7 Å². The lowest BCUT2D eigenvalue weighted by Crippen LogP contribution is -2.44. The maximum Gasteiger partial charge on any atom is 0.320 e. The number of aromatic nitrogens is 1. The van der Waals surface area contributed by atoms with Crippen LogP contribution in [0.25, 0.3) is 11.3 Å². The number of piperidine rings is 1. The van der Waals surface area contributed by atoms with Crippen molar-refractivity contribution in [3.63, 3.8) is 0 Å². The van der Waals surface area contributed by atoms with Crippen LogP contribution in [0, 0.1) is 6.92 Å². The molecule has 1 aromatic carbocycles. The molecule has 6 heteroatoms. The van der Waals surface area contributed by atoms with Crippen LogP contribution < -0.4 is 0 Å². The van der Waals surface area contributed by atoms with Gasteiger partial charge in [-0.15, -0.1) is 0 Å². The second-order valence-electron chi connectivity index (χ2n) is 5.85. The van der Waals surface area contributed by atoms with Gasteiger partial charge in [0.1, 0.15) is 6.04 Å². The lowest BCUT2D eigenvalue weighted by atomic mass is 10.0. The van der Waals surface area contributed by atoms with Crippen molar-refractivity contribution < 1.29 is 14.3 Å². The third kappa shape index (κ3) is 3.57. The van der Waals surface area contributed by atoms with Gasteiger partial charge in [-0.2, -0.15) is 0 Å². The fourth-order valence-electron chi connectivity index (χ4n) is 3.02. The number of aliphatic carboxylic acids is 1. The van der Waals surface area contributed by atoms with Crippen LogP contribution in [-0.2, 0) is 11.3 Å². The van der Waals surface area contributed by atoms with Gasteiger partial charge >= 0.3 is 5.97 Å². The fraction of sp³-hybridized carbons (Fsp3) is 0.412. The number of likely N-dealkylation sites (tertiary alicyclic amines) is 1. The molecule has 0 bridgehead atoms. The van der Waals surface area contributed by atoms with E-state index in [-0.39, 0.29) is 0 Å². The normalized spacial score (nSPS) is 19.0. The summed E-state index contributed by atoms with van der Waals surface area (Å²) in [4.78, 5) is 17.8. The Morgan fingerprint density at radius 3 is 2.83 bits per heavy atom. The number of carboxylic acids is 1. The second-order valence-corrected chi connectivity index (χ2v) is 6.29. The summed E-state index contributed by atoms with van der Waals surface area (Å²) in [5.41, 5.74) is 1.71. The number of carboxylic acid groups (broad SMARTS) is 1. The third-order valence-corrected chi connectivity index (χ3v) is 4.44. The van der Waals surface area contributed by atoms with Gasteiger partial charge < -0.3 is 9.52 Å². The molecule has 122 valence electrons. The summed E-state index contributed by atoms with van der Waals surface area (Å²) >= 11 is 5.91. The first kappa shape index (κ1) is 16.0. The molecule has 0 unspecified atom stereocenters. The van der Waals surface area contributed by atoms with Gasteiger partial charge in [0.2, 0.25) is 5.89 Å². The van der Waals surface area contributed by atoms with Crippen LogP contribution in [0.5, 0.6) is 0 Å². The quantitative estimate of drug-likeness (QED) is 0.922. The van der Waals surface area contributed by atoms with Gasteiger partial charge in [-0.3, -0.25) is 9.69 Å². The smallest absolute Gasteiger partial charge is 0.320 e. The van der Waals surface area contributed by atoms with Gasteiger partial charge in [0.05, 0.1) is 12.2 Å². The topological polar surface area (TPSA) is 66.6 Å². The van der Waals surface area contributed by atoms with Crippen LogP contribution in [0.1, 0.15) is 30.8 Å². The average Bonchev–Trinajstić information content (AvgIpc) is 2.89. The number of halogens is 1. The first-order valence-corrected chi connectivity index (χ1v) is 8.11. The third-order valence-electron chi connectivity index (χ3n) is 4.18. The summed E-state index contributed by atoms with van der Waals surface area (Å²) < 4.78 is 5.88.